The Bertz CT molecular complexity index is 780. The smallest absolute Gasteiger partial charge is 0.390 e. The first-order valence-electron chi connectivity index (χ1n) is 14.4. The molecule has 4 aliphatic carbocycles. The van der Waals surface area contributed by atoms with Gasteiger partial charge in [0.2, 0.25) is 0 Å². The van der Waals surface area contributed by atoms with Gasteiger partial charge in [0.25, 0.3) is 0 Å². The van der Waals surface area contributed by atoms with Gasteiger partial charge in [-0.15, -0.1) is 0 Å². The third-order valence-electron chi connectivity index (χ3n) is 12.5. The van der Waals surface area contributed by atoms with Crippen molar-refractivity contribution in [3.05, 3.63) is 0 Å². The largest absolute Gasteiger partial charge is 0.417 e. The minimum Gasteiger partial charge on any atom is -0.390 e. The Hall–Kier alpha value is -0.330. The molecule has 202 valence electrons. The lowest BCUT2D eigenvalue weighted by Crippen LogP contribution is -2.59. The standard InChI is InChI=1S/C29H47F3O3/c1-19(8-11-27(33)14-16-35-17-15-27)22-6-7-23-21-5-4-20-18-28(34,29(30,31)32)13-12-25(20,2)24(21)9-10-26(22,23)3/h19-24,33-34H,4-18H2,1-3H3/t19-,20+,21+,22-,23+,24+,25+,26-,28+/m1/s1. The Kier molecular flexibility index (Phi) is 6.66. The van der Waals surface area contributed by atoms with Crippen molar-refractivity contribution >= 4 is 0 Å². The molecule has 5 aliphatic rings. The summed E-state index contributed by atoms with van der Waals surface area (Å²) in [6, 6.07) is 0. The number of halogens is 3. The minimum atomic E-state index is -4.52. The van der Waals surface area contributed by atoms with Gasteiger partial charge in [0.1, 0.15) is 0 Å². The number of hydrogen-bond acceptors (Lipinski definition) is 3. The Balaban J connectivity index is 1.27. The van der Waals surface area contributed by atoms with Crippen LogP contribution in [0.25, 0.3) is 0 Å². The molecule has 9 atom stereocenters. The average Bonchev–Trinajstić information content (AvgIpc) is 3.15. The molecule has 1 heterocycles. The molecule has 4 saturated carbocycles. The number of hydrogen-bond donors (Lipinski definition) is 2. The topological polar surface area (TPSA) is 49.7 Å². The van der Waals surface area contributed by atoms with Gasteiger partial charge in [-0.2, -0.15) is 13.2 Å². The Morgan fingerprint density at radius 3 is 2.23 bits per heavy atom. The molecule has 0 aromatic heterocycles. The Labute approximate surface area is 209 Å². The molecule has 1 saturated heterocycles. The fraction of sp³-hybridized carbons (Fsp3) is 1.00. The molecule has 6 heteroatoms. The maximum Gasteiger partial charge on any atom is 0.417 e. The van der Waals surface area contributed by atoms with Gasteiger partial charge >= 0.3 is 6.18 Å². The van der Waals surface area contributed by atoms with Crippen LogP contribution in [0.3, 0.4) is 0 Å². The van der Waals surface area contributed by atoms with E-state index in [0.29, 0.717) is 54.6 Å². The van der Waals surface area contributed by atoms with E-state index in [1.54, 1.807) is 0 Å². The maximum absolute atomic E-state index is 13.6. The quantitative estimate of drug-likeness (QED) is 0.442. The molecule has 3 nitrogen and oxygen atoms in total. The molecule has 5 fully saturated rings. The third kappa shape index (κ3) is 4.30. The van der Waals surface area contributed by atoms with Crippen molar-refractivity contribution in [2.45, 2.75) is 122 Å². The van der Waals surface area contributed by atoms with E-state index in [-0.39, 0.29) is 24.2 Å². The summed E-state index contributed by atoms with van der Waals surface area (Å²) in [5, 5.41) is 21.4. The van der Waals surface area contributed by atoms with E-state index >= 15 is 0 Å². The number of aliphatic hydroxyl groups is 2. The summed E-state index contributed by atoms with van der Waals surface area (Å²) >= 11 is 0. The molecule has 5 rings (SSSR count). The van der Waals surface area contributed by atoms with Crippen LogP contribution in [-0.4, -0.2) is 40.8 Å². The highest BCUT2D eigenvalue weighted by atomic mass is 19.4. The molecule has 35 heavy (non-hydrogen) atoms. The summed E-state index contributed by atoms with van der Waals surface area (Å²) < 4.78 is 46.3. The first-order chi connectivity index (χ1) is 16.3. The van der Waals surface area contributed by atoms with Crippen molar-refractivity contribution in [3.63, 3.8) is 0 Å². The first-order valence-corrected chi connectivity index (χ1v) is 14.4. The van der Waals surface area contributed by atoms with Crippen molar-refractivity contribution in [1.82, 2.24) is 0 Å². The molecule has 0 spiro atoms. The zero-order valence-electron chi connectivity index (χ0n) is 22.0. The highest BCUT2D eigenvalue weighted by molar-refractivity contribution is 5.11. The molecule has 0 unspecified atom stereocenters. The lowest BCUT2D eigenvalue weighted by Gasteiger charge is -2.62. The van der Waals surface area contributed by atoms with E-state index in [1.165, 1.54) is 19.3 Å². The van der Waals surface area contributed by atoms with Gasteiger partial charge in [0.15, 0.2) is 5.60 Å². The fourth-order valence-electron chi connectivity index (χ4n) is 10.2. The van der Waals surface area contributed by atoms with Crippen LogP contribution in [0.4, 0.5) is 13.2 Å². The lowest BCUT2D eigenvalue weighted by atomic mass is 9.43. The highest BCUT2D eigenvalue weighted by Crippen LogP contribution is 2.69. The number of ether oxygens (including phenoxy) is 1. The Morgan fingerprint density at radius 1 is 0.857 bits per heavy atom. The zero-order valence-corrected chi connectivity index (χ0v) is 22.0. The summed E-state index contributed by atoms with van der Waals surface area (Å²) in [5.41, 5.74) is -2.81. The molecule has 1 aliphatic heterocycles. The fourth-order valence-corrected chi connectivity index (χ4v) is 10.2. The van der Waals surface area contributed by atoms with Gasteiger partial charge < -0.3 is 14.9 Å². The van der Waals surface area contributed by atoms with E-state index < -0.39 is 17.4 Å². The molecule has 0 aromatic carbocycles. The van der Waals surface area contributed by atoms with Crippen molar-refractivity contribution in [1.29, 1.82) is 0 Å². The van der Waals surface area contributed by atoms with Gasteiger partial charge in [0.05, 0.1) is 5.60 Å². The monoisotopic (exact) mass is 500 g/mol. The predicted octanol–water partition coefficient (Wildman–Crippen LogP) is 6.90. The lowest BCUT2D eigenvalue weighted by molar-refractivity contribution is -0.290. The van der Waals surface area contributed by atoms with Crippen LogP contribution in [0.5, 0.6) is 0 Å². The van der Waals surface area contributed by atoms with Gasteiger partial charge in [-0.1, -0.05) is 20.8 Å². The zero-order chi connectivity index (χ0) is 25.3. The number of fused-ring (bicyclic) bond motifs is 5. The Morgan fingerprint density at radius 2 is 1.54 bits per heavy atom. The minimum absolute atomic E-state index is 0.0233. The summed E-state index contributed by atoms with van der Waals surface area (Å²) in [5.74, 6) is 3.00. The SMILES string of the molecule is C[C@H](CCC1(O)CCOCC1)[C@H]1CC[C@H]2[C@@H]3CC[C@H]4C[C@](O)(C(F)(F)F)CC[C@]4(C)[C@H]3CC[C@]12C. The average molecular weight is 501 g/mol. The van der Waals surface area contributed by atoms with Crippen LogP contribution in [0.15, 0.2) is 0 Å². The second-order valence-electron chi connectivity index (χ2n) is 14.0. The second kappa shape index (κ2) is 8.86. The van der Waals surface area contributed by atoms with E-state index in [2.05, 4.69) is 20.8 Å². The molecule has 0 radical (unpaired) electrons. The van der Waals surface area contributed by atoms with Crippen LogP contribution in [0.1, 0.15) is 104 Å². The first kappa shape index (κ1) is 26.3. The van der Waals surface area contributed by atoms with Gasteiger partial charge in [-0.25, -0.2) is 0 Å². The summed E-state index contributed by atoms with van der Waals surface area (Å²) in [4.78, 5) is 0. The van der Waals surface area contributed by atoms with E-state index in [4.69, 9.17) is 4.74 Å². The summed E-state index contributed by atoms with van der Waals surface area (Å²) in [6.07, 6.45) is 5.82. The molecule has 2 N–H and O–H groups in total. The van der Waals surface area contributed by atoms with Crippen molar-refractivity contribution in [3.8, 4) is 0 Å². The normalized spacial score (nSPS) is 48.5. The van der Waals surface area contributed by atoms with Crippen LogP contribution in [-0.2, 0) is 4.74 Å². The third-order valence-corrected chi connectivity index (χ3v) is 12.5. The van der Waals surface area contributed by atoms with Gasteiger partial charge in [-0.3, -0.25) is 0 Å². The van der Waals surface area contributed by atoms with E-state index in [1.807, 2.05) is 0 Å². The second-order valence-corrected chi connectivity index (χ2v) is 14.0. The molecule has 0 amide bonds. The highest BCUT2D eigenvalue weighted by Gasteiger charge is 2.65. The molecular formula is C29H47F3O3. The van der Waals surface area contributed by atoms with Gasteiger partial charge in [0, 0.05) is 13.2 Å². The van der Waals surface area contributed by atoms with E-state index in [9.17, 15) is 23.4 Å². The van der Waals surface area contributed by atoms with E-state index in [0.717, 1.165) is 44.9 Å². The molecular weight excluding hydrogens is 453 g/mol. The van der Waals surface area contributed by atoms with Crippen LogP contribution < -0.4 is 0 Å². The van der Waals surface area contributed by atoms with Crippen molar-refractivity contribution in [2.24, 2.45) is 46.3 Å². The van der Waals surface area contributed by atoms with Crippen LogP contribution >= 0.6 is 0 Å². The van der Waals surface area contributed by atoms with Crippen LogP contribution in [0, 0.1) is 46.3 Å². The predicted molar refractivity (Wildman–Crippen MR) is 130 cm³/mol. The summed E-state index contributed by atoms with van der Waals surface area (Å²) in [7, 11) is 0. The molecule has 0 bridgehead atoms. The van der Waals surface area contributed by atoms with Crippen LogP contribution in [0.2, 0.25) is 0 Å². The van der Waals surface area contributed by atoms with Gasteiger partial charge in [-0.05, 0) is 130 Å². The maximum atomic E-state index is 13.6. The molecule has 0 aromatic rings. The number of alkyl halides is 3. The number of rotatable bonds is 4. The van der Waals surface area contributed by atoms with Crippen molar-refractivity contribution < 1.29 is 28.1 Å². The van der Waals surface area contributed by atoms with Crippen molar-refractivity contribution in [2.75, 3.05) is 13.2 Å². The summed E-state index contributed by atoms with van der Waals surface area (Å²) in [6.45, 7) is 8.50.